The molecule has 0 aliphatic carbocycles. The Hall–Kier alpha value is -1.52. The van der Waals surface area contributed by atoms with Crippen LogP contribution in [0.1, 0.15) is 36.2 Å². The molecule has 2 aliphatic rings. The van der Waals surface area contributed by atoms with Crippen LogP contribution in [0.2, 0.25) is 0 Å². The molecule has 2 N–H and O–H groups in total. The van der Waals surface area contributed by atoms with Gasteiger partial charge in [-0.25, -0.2) is 4.99 Å². The highest BCUT2D eigenvalue weighted by atomic mass is 127. The molecule has 3 heterocycles. The second-order valence-electron chi connectivity index (χ2n) is 7.04. The van der Waals surface area contributed by atoms with Gasteiger partial charge in [-0.3, -0.25) is 4.90 Å². The van der Waals surface area contributed by atoms with Crippen LogP contribution in [0, 0.1) is 0 Å². The molecule has 1 aromatic heterocycles. The summed E-state index contributed by atoms with van der Waals surface area (Å²) in [5.41, 5.74) is 1.11. The van der Waals surface area contributed by atoms with Crippen LogP contribution >= 0.6 is 35.3 Å². The highest BCUT2D eigenvalue weighted by Gasteiger charge is 2.24. The van der Waals surface area contributed by atoms with Crippen LogP contribution < -0.4 is 20.1 Å². The van der Waals surface area contributed by atoms with E-state index in [-0.39, 0.29) is 24.0 Å². The molecule has 2 aliphatic heterocycles. The summed E-state index contributed by atoms with van der Waals surface area (Å²) in [7, 11) is 0. The first kappa shape index (κ1) is 22.2. The first-order valence-corrected chi connectivity index (χ1v) is 10.9. The van der Waals surface area contributed by atoms with Crippen molar-refractivity contribution in [2.75, 3.05) is 33.0 Å². The topological polar surface area (TPSA) is 58.1 Å². The minimum Gasteiger partial charge on any atom is -0.454 e. The number of nitrogens with zero attached hydrogens (tertiary/aromatic N) is 2. The third kappa shape index (κ3) is 5.76. The van der Waals surface area contributed by atoms with Gasteiger partial charge in [0.1, 0.15) is 0 Å². The number of hydrogen-bond acceptors (Lipinski definition) is 5. The van der Waals surface area contributed by atoms with Crippen molar-refractivity contribution in [3.63, 3.8) is 0 Å². The van der Waals surface area contributed by atoms with Gasteiger partial charge >= 0.3 is 0 Å². The quantitative estimate of drug-likeness (QED) is 0.324. The first-order valence-electron chi connectivity index (χ1n) is 10.0. The van der Waals surface area contributed by atoms with Crippen LogP contribution in [0.15, 0.2) is 40.7 Å². The molecule has 1 saturated heterocycles. The third-order valence-corrected chi connectivity index (χ3v) is 6.09. The summed E-state index contributed by atoms with van der Waals surface area (Å²) < 4.78 is 10.8. The predicted octanol–water partition coefficient (Wildman–Crippen LogP) is 3.99. The number of halogens is 1. The van der Waals surface area contributed by atoms with Crippen molar-refractivity contribution >= 4 is 41.3 Å². The summed E-state index contributed by atoms with van der Waals surface area (Å²) in [6, 6.07) is 10.8. The smallest absolute Gasteiger partial charge is 0.231 e. The zero-order chi connectivity index (χ0) is 19.2. The monoisotopic (exact) mass is 528 g/mol. The molecule has 1 atom stereocenters. The Balaban J connectivity index is 0.00000240. The van der Waals surface area contributed by atoms with E-state index in [0.717, 1.165) is 36.1 Å². The molecule has 4 rings (SSSR count). The van der Waals surface area contributed by atoms with Gasteiger partial charge in [0.05, 0.1) is 12.6 Å². The van der Waals surface area contributed by atoms with Crippen molar-refractivity contribution in [2.45, 2.75) is 32.4 Å². The molecular formula is C21H29IN4O2S. The molecule has 0 radical (unpaired) electrons. The van der Waals surface area contributed by atoms with Crippen molar-refractivity contribution in [1.29, 1.82) is 0 Å². The molecule has 0 saturated carbocycles. The zero-order valence-electron chi connectivity index (χ0n) is 16.7. The number of guanidine groups is 1. The zero-order valence-corrected chi connectivity index (χ0v) is 19.9. The van der Waals surface area contributed by atoms with Crippen LogP contribution in [0.4, 0.5) is 0 Å². The number of likely N-dealkylation sites (tertiary alicyclic amines) is 1. The predicted molar refractivity (Wildman–Crippen MR) is 129 cm³/mol. The van der Waals surface area contributed by atoms with Gasteiger partial charge in [-0.15, -0.1) is 35.3 Å². The van der Waals surface area contributed by atoms with Gasteiger partial charge in [0.25, 0.3) is 0 Å². The highest BCUT2D eigenvalue weighted by molar-refractivity contribution is 14.0. The summed E-state index contributed by atoms with van der Waals surface area (Å²) in [6.45, 7) is 7.03. The fourth-order valence-corrected chi connectivity index (χ4v) is 4.55. The van der Waals surface area contributed by atoms with E-state index < -0.39 is 0 Å². The third-order valence-electron chi connectivity index (χ3n) is 5.12. The lowest BCUT2D eigenvalue weighted by Gasteiger charge is -2.27. The van der Waals surface area contributed by atoms with E-state index >= 15 is 0 Å². The molecule has 1 unspecified atom stereocenters. The molecule has 0 amide bonds. The van der Waals surface area contributed by atoms with E-state index in [0.29, 0.717) is 19.4 Å². The second kappa shape index (κ2) is 11.0. The van der Waals surface area contributed by atoms with Gasteiger partial charge in [0.15, 0.2) is 17.5 Å². The van der Waals surface area contributed by atoms with Gasteiger partial charge in [-0.1, -0.05) is 12.1 Å². The highest BCUT2D eigenvalue weighted by Crippen LogP contribution is 2.32. The second-order valence-corrected chi connectivity index (χ2v) is 8.02. The van der Waals surface area contributed by atoms with Crippen LogP contribution in [0.3, 0.4) is 0 Å². The number of rotatable bonds is 7. The van der Waals surface area contributed by atoms with Gasteiger partial charge in [-0.2, -0.15) is 0 Å². The van der Waals surface area contributed by atoms with E-state index in [2.05, 4.69) is 40.0 Å². The van der Waals surface area contributed by atoms with Crippen LogP contribution in [0.25, 0.3) is 0 Å². The number of hydrogen-bond donors (Lipinski definition) is 2. The normalized spacial score (nSPS) is 17.1. The van der Waals surface area contributed by atoms with E-state index in [1.54, 1.807) is 0 Å². The lowest BCUT2D eigenvalue weighted by atomic mass is 10.2. The van der Waals surface area contributed by atoms with Crippen LogP contribution in [0.5, 0.6) is 11.5 Å². The van der Waals surface area contributed by atoms with Crippen molar-refractivity contribution in [3.8, 4) is 11.5 Å². The largest absolute Gasteiger partial charge is 0.454 e. The van der Waals surface area contributed by atoms with Crippen molar-refractivity contribution in [1.82, 2.24) is 15.5 Å². The summed E-state index contributed by atoms with van der Waals surface area (Å²) in [6.07, 6.45) is 2.58. The van der Waals surface area contributed by atoms with E-state index in [1.165, 1.54) is 30.8 Å². The van der Waals surface area contributed by atoms with Crippen molar-refractivity contribution < 1.29 is 9.47 Å². The van der Waals surface area contributed by atoms with Crippen molar-refractivity contribution in [2.24, 2.45) is 4.99 Å². The minimum absolute atomic E-state index is 0. The number of aliphatic imine (C=N–C) groups is 1. The molecule has 6 nitrogen and oxygen atoms in total. The molecule has 2 aromatic rings. The Labute approximate surface area is 193 Å². The molecule has 0 spiro atoms. The standard InChI is InChI=1S/C21H28N4O2S.HI/c1-2-22-21(23-13-16-7-8-18-19(12-16)27-15-26-18)24-14-17(20-6-5-11-28-20)25-9-3-4-10-25;/h5-8,11-12,17H,2-4,9-10,13-15H2,1H3,(H2,22,23,24);1H. The maximum absolute atomic E-state index is 5.46. The molecule has 0 bridgehead atoms. The lowest BCUT2D eigenvalue weighted by molar-refractivity contribution is 0.174. The van der Waals surface area contributed by atoms with E-state index in [4.69, 9.17) is 14.5 Å². The number of ether oxygens (including phenoxy) is 2. The summed E-state index contributed by atoms with van der Waals surface area (Å²) in [5.74, 6) is 2.46. The minimum atomic E-state index is 0. The van der Waals surface area contributed by atoms with Gasteiger partial charge < -0.3 is 20.1 Å². The number of benzene rings is 1. The van der Waals surface area contributed by atoms with Gasteiger partial charge in [0, 0.05) is 18.0 Å². The fourth-order valence-electron chi connectivity index (χ4n) is 3.69. The average Bonchev–Trinajstić information content (AvgIpc) is 3.48. The first-order chi connectivity index (χ1) is 13.8. The number of thiophene rings is 1. The van der Waals surface area contributed by atoms with Crippen LogP contribution in [-0.4, -0.2) is 43.8 Å². The van der Waals surface area contributed by atoms with Gasteiger partial charge in [0.2, 0.25) is 6.79 Å². The van der Waals surface area contributed by atoms with E-state index in [9.17, 15) is 0 Å². The summed E-state index contributed by atoms with van der Waals surface area (Å²) in [4.78, 5) is 8.77. The molecular weight excluding hydrogens is 499 g/mol. The SMILES string of the molecule is CCNC(=NCc1ccc2c(c1)OCO2)NCC(c1cccs1)N1CCCC1.I. The molecule has 29 heavy (non-hydrogen) atoms. The Bertz CT molecular complexity index is 794. The molecule has 8 heteroatoms. The van der Waals surface area contributed by atoms with Crippen molar-refractivity contribution in [3.05, 3.63) is 46.2 Å². The average molecular weight is 528 g/mol. The van der Waals surface area contributed by atoms with Crippen LogP contribution in [-0.2, 0) is 6.54 Å². The molecule has 1 aromatic carbocycles. The molecule has 158 valence electrons. The fraction of sp³-hybridized carbons (Fsp3) is 0.476. The number of fused-ring (bicyclic) bond motifs is 1. The summed E-state index contributed by atoms with van der Waals surface area (Å²) in [5, 5.41) is 9.08. The summed E-state index contributed by atoms with van der Waals surface area (Å²) >= 11 is 1.84. The Morgan fingerprint density at radius 2 is 2.00 bits per heavy atom. The number of nitrogens with one attached hydrogen (secondary N) is 2. The lowest BCUT2D eigenvalue weighted by Crippen LogP contribution is -2.42. The maximum atomic E-state index is 5.46. The van der Waals surface area contributed by atoms with Gasteiger partial charge in [-0.05, 0) is 62.0 Å². The van der Waals surface area contributed by atoms with E-state index in [1.807, 2.05) is 29.5 Å². The molecule has 1 fully saturated rings. The Kier molecular flexibility index (Phi) is 8.43. The Morgan fingerprint density at radius 3 is 2.76 bits per heavy atom. The maximum Gasteiger partial charge on any atom is 0.231 e. The Morgan fingerprint density at radius 1 is 1.17 bits per heavy atom.